The molecule has 0 spiro atoms. The molecule has 1 heterocycles. The summed E-state index contributed by atoms with van der Waals surface area (Å²) in [6.45, 7) is 2.49. The van der Waals surface area contributed by atoms with E-state index in [1.807, 2.05) is 48.5 Å². The molecule has 1 unspecified atom stereocenters. The summed E-state index contributed by atoms with van der Waals surface area (Å²) >= 11 is 11.4. The van der Waals surface area contributed by atoms with E-state index in [0.29, 0.717) is 30.1 Å². The van der Waals surface area contributed by atoms with Crippen LogP contribution in [0.15, 0.2) is 84.9 Å². The van der Waals surface area contributed by atoms with Crippen molar-refractivity contribution in [2.45, 2.75) is 19.8 Å². The second kappa shape index (κ2) is 13.5. The quantitative estimate of drug-likeness (QED) is 0.486. The molecule has 4 nitrogen and oxygen atoms in total. The fraction of sp³-hybridized carbons (Fsp3) is 0.200. The lowest BCUT2D eigenvalue weighted by Crippen LogP contribution is -2.40. The van der Waals surface area contributed by atoms with E-state index in [-0.39, 0.29) is 17.7 Å². The summed E-state index contributed by atoms with van der Waals surface area (Å²) in [6.07, 6.45) is 1.01. The molecule has 1 aliphatic rings. The van der Waals surface area contributed by atoms with Gasteiger partial charge in [-0.15, -0.1) is 0 Å². The van der Waals surface area contributed by atoms with E-state index in [1.165, 1.54) is 5.56 Å². The maximum absolute atomic E-state index is 11.9. The van der Waals surface area contributed by atoms with Gasteiger partial charge in [0, 0.05) is 28.7 Å². The average molecular weight is 457 g/mol. The first-order chi connectivity index (χ1) is 14.9. The highest BCUT2D eigenvalue weighted by Gasteiger charge is 2.24. The van der Waals surface area contributed by atoms with Crippen LogP contribution in [0.1, 0.15) is 18.4 Å². The minimum absolute atomic E-state index is 0.0109. The first kappa shape index (κ1) is 24.4. The van der Waals surface area contributed by atoms with Crippen LogP contribution in [0.2, 0.25) is 10.0 Å². The Labute approximate surface area is 193 Å². The number of carbonyl (C=O) groups excluding carboxylic acids is 2. The standard InChI is InChI=1S/C12H13ClN2O2.C7H8.C6H5Cl/c13-9-2-1-3-10(6-9)15-12(17)8-4-5-11(16)14-7-8;1-7-5-3-2-4-6-7;7-6-4-2-1-3-5-6/h1-3,6,8H,4-5,7H2,(H,14,16)(H,15,17);2-6H,1H3;1-5H. The SMILES string of the molecule is Cc1ccccc1.Clc1ccccc1.O=C1CCC(C(=O)Nc2cccc(Cl)c2)CN1. The third-order valence-electron chi connectivity index (χ3n) is 4.40. The van der Waals surface area contributed by atoms with Crippen molar-refractivity contribution in [2.24, 2.45) is 5.92 Å². The van der Waals surface area contributed by atoms with E-state index in [1.54, 1.807) is 24.3 Å². The van der Waals surface area contributed by atoms with Crippen LogP contribution in [0.3, 0.4) is 0 Å². The number of amides is 2. The maximum atomic E-state index is 11.9. The summed E-state index contributed by atoms with van der Waals surface area (Å²) in [4.78, 5) is 22.9. The van der Waals surface area contributed by atoms with E-state index in [2.05, 4.69) is 29.7 Å². The van der Waals surface area contributed by atoms with Crippen LogP contribution < -0.4 is 10.6 Å². The average Bonchev–Trinajstić information content (AvgIpc) is 2.76. The summed E-state index contributed by atoms with van der Waals surface area (Å²) in [6, 6.07) is 26.7. The van der Waals surface area contributed by atoms with Crippen molar-refractivity contribution in [3.8, 4) is 0 Å². The Bertz CT molecular complexity index is 903. The number of piperidine rings is 1. The van der Waals surface area contributed by atoms with Gasteiger partial charge in [-0.3, -0.25) is 9.59 Å². The molecule has 0 aliphatic carbocycles. The molecular formula is C25H26Cl2N2O2. The van der Waals surface area contributed by atoms with Gasteiger partial charge in [0.15, 0.2) is 0 Å². The first-order valence-electron chi connectivity index (χ1n) is 9.99. The topological polar surface area (TPSA) is 58.2 Å². The molecule has 4 rings (SSSR count). The second-order valence-electron chi connectivity index (χ2n) is 6.99. The molecule has 2 N–H and O–H groups in total. The first-order valence-corrected chi connectivity index (χ1v) is 10.7. The number of hydrogen-bond acceptors (Lipinski definition) is 2. The summed E-state index contributed by atoms with van der Waals surface area (Å²) in [5.41, 5.74) is 2.00. The van der Waals surface area contributed by atoms with Gasteiger partial charge in [0.2, 0.25) is 11.8 Å². The second-order valence-corrected chi connectivity index (χ2v) is 7.86. The molecule has 0 saturated carbocycles. The summed E-state index contributed by atoms with van der Waals surface area (Å²) in [5, 5.41) is 6.85. The predicted octanol–water partition coefficient (Wildman–Crippen LogP) is 6.14. The summed E-state index contributed by atoms with van der Waals surface area (Å²) in [5.74, 6) is -0.226. The largest absolute Gasteiger partial charge is 0.355 e. The Balaban J connectivity index is 0.000000199. The molecular weight excluding hydrogens is 431 g/mol. The van der Waals surface area contributed by atoms with Crippen LogP contribution in [0, 0.1) is 12.8 Å². The molecule has 0 radical (unpaired) electrons. The lowest BCUT2D eigenvalue weighted by molar-refractivity contribution is -0.126. The van der Waals surface area contributed by atoms with Gasteiger partial charge >= 0.3 is 0 Å². The number of aryl methyl sites for hydroxylation is 1. The molecule has 1 fully saturated rings. The van der Waals surface area contributed by atoms with Crippen molar-refractivity contribution in [1.82, 2.24) is 5.32 Å². The van der Waals surface area contributed by atoms with Crippen LogP contribution in [0.4, 0.5) is 5.69 Å². The fourth-order valence-electron chi connectivity index (χ4n) is 2.72. The van der Waals surface area contributed by atoms with E-state index in [0.717, 1.165) is 5.02 Å². The summed E-state index contributed by atoms with van der Waals surface area (Å²) < 4.78 is 0. The van der Waals surface area contributed by atoms with E-state index in [9.17, 15) is 9.59 Å². The van der Waals surface area contributed by atoms with Gasteiger partial charge in [-0.1, -0.05) is 83.4 Å². The fourth-order valence-corrected chi connectivity index (χ4v) is 3.05. The smallest absolute Gasteiger partial charge is 0.229 e. The van der Waals surface area contributed by atoms with Gasteiger partial charge in [0.1, 0.15) is 0 Å². The molecule has 2 amide bonds. The Hall–Kier alpha value is -2.82. The van der Waals surface area contributed by atoms with Crippen molar-refractivity contribution in [2.75, 3.05) is 11.9 Å². The monoisotopic (exact) mass is 456 g/mol. The zero-order chi connectivity index (χ0) is 22.5. The third-order valence-corrected chi connectivity index (χ3v) is 4.89. The molecule has 1 aliphatic heterocycles. The highest BCUT2D eigenvalue weighted by Crippen LogP contribution is 2.18. The number of hydrogen-bond donors (Lipinski definition) is 2. The Morgan fingerprint density at radius 1 is 0.903 bits per heavy atom. The molecule has 162 valence electrons. The molecule has 1 atom stereocenters. The Morgan fingerprint density at radius 3 is 1.97 bits per heavy atom. The normalized spacial score (nSPS) is 14.7. The van der Waals surface area contributed by atoms with Gasteiger partial charge in [-0.25, -0.2) is 0 Å². The predicted molar refractivity (Wildman–Crippen MR) is 128 cm³/mol. The number of nitrogens with one attached hydrogen (secondary N) is 2. The van der Waals surface area contributed by atoms with Crippen molar-refractivity contribution in [1.29, 1.82) is 0 Å². The number of benzene rings is 3. The van der Waals surface area contributed by atoms with E-state index >= 15 is 0 Å². The lowest BCUT2D eigenvalue weighted by atomic mass is 9.98. The molecule has 1 saturated heterocycles. The Kier molecular flexibility index (Phi) is 10.6. The van der Waals surface area contributed by atoms with Crippen LogP contribution in [-0.4, -0.2) is 18.4 Å². The maximum Gasteiger partial charge on any atom is 0.229 e. The molecule has 0 bridgehead atoms. The number of rotatable bonds is 2. The zero-order valence-electron chi connectivity index (χ0n) is 17.4. The lowest BCUT2D eigenvalue weighted by Gasteiger charge is -2.21. The van der Waals surface area contributed by atoms with Crippen molar-refractivity contribution < 1.29 is 9.59 Å². The highest BCUT2D eigenvalue weighted by molar-refractivity contribution is 6.31. The van der Waals surface area contributed by atoms with E-state index in [4.69, 9.17) is 23.2 Å². The van der Waals surface area contributed by atoms with Crippen molar-refractivity contribution >= 4 is 40.7 Å². The van der Waals surface area contributed by atoms with Gasteiger partial charge in [0.05, 0.1) is 5.92 Å². The third kappa shape index (κ3) is 10.2. The molecule has 31 heavy (non-hydrogen) atoms. The number of carbonyl (C=O) groups is 2. The van der Waals surface area contributed by atoms with Gasteiger partial charge in [-0.05, 0) is 43.7 Å². The number of anilines is 1. The van der Waals surface area contributed by atoms with Crippen molar-refractivity contribution in [3.63, 3.8) is 0 Å². The van der Waals surface area contributed by atoms with Crippen LogP contribution in [0.25, 0.3) is 0 Å². The molecule has 3 aromatic rings. The molecule has 3 aromatic carbocycles. The number of halogens is 2. The summed E-state index contributed by atoms with van der Waals surface area (Å²) in [7, 11) is 0. The van der Waals surface area contributed by atoms with Crippen LogP contribution in [-0.2, 0) is 9.59 Å². The van der Waals surface area contributed by atoms with Crippen LogP contribution >= 0.6 is 23.2 Å². The minimum Gasteiger partial charge on any atom is -0.355 e. The Morgan fingerprint density at radius 2 is 1.52 bits per heavy atom. The van der Waals surface area contributed by atoms with Gasteiger partial charge in [0.25, 0.3) is 0 Å². The van der Waals surface area contributed by atoms with Gasteiger partial charge in [-0.2, -0.15) is 0 Å². The van der Waals surface area contributed by atoms with Crippen LogP contribution in [0.5, 0.6) is 0 Å². The molecule has 6 heteroatoms. The van der Waals surface area contributed by atoms with Gasteiger partial charge < -0.3 is 10.6 Å². The van der Waals surface area contributed by atoms with E-state index < -0.39 is 0 Å². The highest BCUT2D eigenvalue weighted by atomic mass is 35.5. The minimum atomic E-state index is -0.160. The zero-order valence-corrected chi connectivity index (χ0v) is 18.9. The van der Waals surface area contributed by atoms with Crippen molar-refractivity contribution in [3.05, 3.63) is 101 Å². The molecule has 0 aromatic heterocycles.